The molecular weight excluding hydrogens is 232 g/mol. The molecule has 0 aliphatic heterocycles. The minimum atomic E-state index is -0.185. The number of hydrogen-bond acceptors (Lipinski definition) is 4. The summed E-state index contributed by atoms with van der Waals surface area (Å²) in [6.07, 6.45) is 3.26. The number of aromatic hydroxyl groups is 1. The normalized spacial score (nSPS) is 10.2. The van der Waals surface area contributed by atoms with Crippen molar-refractivity contribution in [1.82, 2.24) is 15.1 Å². The second kappa shape index (κ2) is 5.22. The number of nitrogens with one attached hydrogen (secondary N) is 1. The lowest BCUT2D eigenvalue weighted by atomic mass is 10.2. The summed E-state index contributed by atoms with van der Waals surface area (Å²) < 4.78 is 1.66. The van der Waals surface area contributed by atoms with Crippen LogP contribution in [0.3, 0.4) is 0 Å². The molecule has 0 unspecified atom stereocenters. The Morgan fingerprint density at radius 2 is 2.11 bits per heavy atom. The maximum Gasteiger partial charge on any atom is 0.251 e. The molecule has 1 aromatic heterocycles. The Morgan fingerprint density at radius 1 is 1.39 bits per heavy atom. The number of hydrogen-bond donors (Lipinski definition) is 3. The smallest absolute Gasteiger partial charge is 0.251 e. The lowest BCUT2D eigenvalue weighted by Gasteiger charge is -2.05. The number of aromatic nitrogens is 2. The van der Waals surface area contributed by atoms with Gasteiger partial charge in [-0.15, -0.1) is 0 Å². The van der Waals surface area contributed by atoms with Gasteiger partial charge in [-0.2, -0.15) is 5.10 Å². The highest BCUT2D eigenvalue weighted by atomic mass is 16.3. The molecule has 2 rings (SSSR count). The van der Waals surface area contributed by atoms with E-state index < -0.39 is 0 Å². The number of nitrogens with zero attached hydrogens (tertiary/aromatic N) is 2. The topological polar surface area (TPSA) is 93.2 Å². The Hall–Kier alpha value is -2.50. The van der Waals surface area contributed by atoms with Crippen molar-refractivity contribution >= 4 is 11.6 Å². The van der Waals surface area contributed by atoms with Crippen molar-refractivity contribution in [2.24, 2.45) is 0 Å². The summed E-state index contributed by atoms with van der Waals surface area (Å²) in [5.74, 6) is -0.0475. The standard InChI is InChI=1S/C12H14N4O2/c13-10-7-15-16(8-10)6-5-14-12(18)9-1-3-11(17)4-2-9/h1-4,7-8,17H,5-6,13H2,(H,14,18). The third kappa shape index (κ3) is 3.00. The zero-order valence-electron chi connectivity index (χ0n) is 9.71. The average Bonchev–Trinajstić information content (AvgIpc) is 2.76. The van der Waals surface area contributed by atoms with Crippen molar-refractivity contribution in [2.75, 3.05) is 12.3 Å². The van der Waals surface area contributed by atoms with E-state index in [-0.39, 0.29) is 11.7 Å². The number of anilines is 1. The molecule has 18 heavy (non-hydrogen) atoms. The van der Waals surface area contributed by atoms with E-state index in [0.29, 0.717) is 24.3 Å². The molecule has 0 saturated heterocycles. The van der Waals surface area contributed by atoms with Gasteiger partial charge >= 0.3 is 0 Å². The number of nitrogen functional groups attached to an aromatic ring is 1. The molecule has 0 bridgehead atoms. The third-order valence-corrected chi connectivity index (χ3v) is 2.41. The second-order valence-corrected chi connectivity index (χ2v) is 3.84. The zero-order chi connectivity index (χ0) is 13.0. The van der Waals surface area contributed by atoms with Crippen molar-refractivity contribution in [3.05, 3.63) is 42.2 Å². The first-order valence-corrected chi connectivity index (χ1v) is 5.50. The molecule has 0 spiro atoms. The van der Waals surface area contributed by atoms with Crippen LogP contribution in [0.1, 0.15) is 10.4 Å². The largest absolute Gasteiger partial charge is 0.508 e. The van der Waals surface area contributed by atoms with Crippen LogP contribution in [-0.2, 0) is 6.54 Å². The molecule has 0 aliphatic carbocycles. The van der Waals surface area contributed by atoms with Gasteiger partial charge in [-0.3, -0.25) is 9.48 Å². The van der Waals surface area contributed by atoms with Crippen molar-refractivity contribution in [3.8, 4) is 5.75 Å². The summed E-state index contributed by atoms with van der Waals surface area (Å²) in [5, 5.41) is 15.9. The summed E-state index contributed by atoms with van der Waals surface area (Å²) >= 11 is 0. The van der Waals surface area contributed by atoms with E-state index in [2.05, 4.69) is 10.4 Å². The van der Waals surface area contributed by atoms with Crippen molar-refractivity contribution in [1.29, 1.82) is 0 Å². The van der Waals surface area contributed by atoms with E-state index in [1.165, 1.54) is 12.1 Å². The first-order chi connectivity index (χ1) is 8.65. The number of carbonyl (C=O) groups excluding carboxylic acids is 1. The zero-order valence-corrected chi connectivity index (χ0v) is 9.71. The Balaban J connectivity index is 1.83. The first-order valence-electron chi connectivity index (χ1n) is 5.50. The highest BCUT2D eigenvalue weighted by molar-refractivity contribution is 5.94. The van der Waals surface area contributed by atoms with Crippen LogP contribution < -0.4 is 11.1 Å². The Morgan fingerprint density at radius 3 is 2.72 bits per heavy atom. The van der Waals surface area contributed by atoms with Crippen molar-refractivity contribution in [2.45, 2.75) is 6.54 Å². The van der Waals surface area contributed by atoms with Gasteiger partial charge in [0, 0.05) is 18.3 Å². The monoisotopic (exact) mass is 246 g/mol. The number of rotatable bonds is 4. The predicted octanol–water partition coefficient (Wildman–Crippen LogP) is 0.601. The number of carbonyl (C=O) groups is 1. The maximum absolute atomic E-state index is 11.7. The molecule has 94 valence electrons. The van der Waals surface area contributed by atoms with Crippen LogP contribution >= 0.6 is 0 Å². The van der Waals surface area contributed by atoms with E-state index in [0.717, 1.165) is 0 Å². The third-order valence-electron chi connectivity index (χ3n) is 2.41. The molecule has 4 N–H and O–H groups in total. The quantitative estimate of drug-likeness (QED) is 0.736. The molecule has 0 aliphatic rings. The Labute approximate surface area is 104 Å². The molecule has 2 aromatic rings. The SMILES string of the molecule is Nc1cnn(CCNC(=O)c2ccc(O)cc2)c1. The van der Waals surface area contributed by atoms with Gasteiger partial charge in [0.2, 0.25) is 0 Å². The second-order valence-electron chi connectivity index (χ2n) is 3.84. The van der Waals surface area contributed by atoms with Crippen molar-refractivity contribution < 1.29 is 9.90 Å². The van der Waals surface area contributed by atoms with Crippen LogP contribution in [0.5, 0.6) is 5.75 Å². The number of phenolic OH excluding ortho intramolecular Hbond substituents is 1. The fourth-order valence-electron chi connectivity index (χ4n) is 1.50. The fourth-order valence-corrected chi connectivity index (χ4v) is 1.50. The Bertz CT molecular complexity index is 533. The van der Waals surface area contributed by atoms with E-state index in [4.69, 9.17) is 10.8 Å². The van der Waals surface area contributed by atoms with Crippen molar-refractivity contribution in [3.63, 3.8) is 0 Å². The van der Waals surface area contributed by atoms with E-state index in [1.807, 2.05) is 0 Å². The Kier molecular flexibility index (Phi) is 3.47. The summed E-state index contributed by atoms with van der Waals surface area (Å²) in [6, 6.07) is 6.08. The summed E-state index contributed by atoms with van der Waals surface area (Å²) in [4.78, 5) is 11.7. The number of nitrogens with two attached hydrogens (primary N) is 1. The molecule has 0 radical (unpaired) electrons. The predicted molar refractivity (Wildman–Crippen MR) is 67.1 cm³/mol. The van der Waals surface area contributed by atoms with Gasteiger partial charge in [-0.05, 0) is 24.3 Å². The van der Waals surface area contributed by atoms with E-state index in [9.17, 15) is 4.79 Å². The number of amides is 1. The molecule has 6 nitrogen and oxygen atoms in total. The van der Waals surface area contributed by atoms with Gasteiger partial charge in [-0.25, -0.2) is 0 Å². The molecule has 0 atom stereocenters. The lowest BCUT2D eigenvalue weighted by molar-refractivity contribution is 0.0952. The van der Waals surface area contributed by atoms with E-state index >= 15 is 0 Å². The minimum Gasteiger partial charge on any atom is -0.508 e. The van der Waals surface area contributed by atoms with Crippen LogP contribution in [0.2, 0.25) is 0 Å². The molecule has 1 heterocycles. The van der Waals surface area contributed by atoms with Crippen LogP contribution in [0, 0.1) is 0 Å². The van der Waals surface area contributed by atoms with Gasteiger partial charge in [-0.1, -0.05) is 0 Å². The maximum atomic E-state index is 11.7. The van der Waals surface area contributed by atoms with Gasteiger partial charge < -0.3 is 16.2 Å². The molecule has 0 saturated carbocycles. The average molecular weight is 246 g/mol. The summed E-state index contributed by atoms with van der Waals surface area (Å²) in [6.45, 7) is 1.02. The molecule has 1 amide bonds. The number of benzene rings is 1. The van der Waals surface area contributed by atoms with Gasteiger partial charge in [0.25, 0.3) is 5.91 Å². The lowest BCUT2D eigenvalue weighted by Crippen LogP contribution is -2.27. The summed E-state index contributed by atoms with van der Waals surface area (Å²) in [7, 11) is 0. The molecular formula is C12H14N4O2. The first kappa shape index (κ1) is 12.0. The van der Waals surface area contributed by atoms with Crippen LogP contribution in [0.15, 0.2) is 36.7 Å². The summed E-state index contributed by atoms with van der Waals surface area (Å²) in [5.41, 5.74) is 6.63. The number of phenols is 1. The minimum absolute atomic E-state index is 0.138. The fraction of sp³-hybridized carbons (Fsp3) is 0.167. The van der Waals surface area contributed by atoms with Crippen LogP contribution in [0.4, 0.5) is 5.69 Å². The van der Waals surface area contributed by atoms with Gasteiger partial charge in [0.1, 0.15) is 5.75 Å². The highest BCUT2D eigenvalue weighted by Gasteiger charge is 2.04. The van der Waals surface area contributed by atoms with E-state index in [1.54, 1.807) is 29.2 Å². The van der Waals surface area contributed by atoms with Gasteiger partial charge in [0.15, 0.2) is 0 Å². The molecule has 6 heteroatoms. The molecule has 0 fully saturated rings. The molecule has 1 aromatic carbocycles. The van der Waals surface area contributed by atoms with Crippen LogP contribution in [0.25, 0.3) is 0 Å². The van der Waals surface area contributed by atoms with Crippen LogP contribution in [-0.4, -0.2) is 27.3 Å². The van der Waals surface area contributed by atoms with Gasteiger partial charge in [0.05, 0.1) is 18.4 Å². The highest BCUT2D eigenvalue weighted by Crippen LogP contribution is 2.09.